The fourth-order valence-electron chi connectivity index (χ4n) is 4.56. The molecule has 0 spiro atoms. The Bertz CT molecular complexity index is 1940. The van der Waals surface area contributed by atoms with Crippen LogP contribution >= 0.6 is 0 Å². The van der Waals surface area contributed by atoms with Gasteiger partial charge in [0.25, 0.3) is 0 Å². The molecule has 0 radical (unpaired) electrons. The first-order valence-corrected chi connectivity index (χ1v) is 11.4. The zero-order valence-corrected chi connectivity index (χ0v) is 19.2. The van der Waals surface area contributed by atoms with Crippen molar-refractivity contribution in [3.05, 3.63) is 91.5 Å². The molecule has 0 saturated carbocycles. The lowest BCUT2D eigenvalue weighted by Crippen LogP contribution is -1.97. The van der Waals surface area contributed by atoms with Crippen LogP contribution in [0.5, 0.6) is 0 Å². The number of nitriles is 1. The zero-order valence-electron chi connectivity index (χ0n) is 19.2. The summed E-state index contributed by atoms with van der Waals surface area (Å²) in [6.07, 6.45) is 8.49. The fraction of sp³-hybridized carbons (Fsp3) is 0. The third-order valence-electron chi connectivity index (χ3n) is 6.28. The van der Waals surface area contributed by atoms with E-state index in [-0.39, 0.29) is 0 Å². The van der Waals surface area contributed by atoms with Crippen LogP contribution in [0.3, 0.4) is 0 Å². The molecule has 0 aliphatic carbocycles. The average Bonchev–Trinajstić information content (AvgIpc) is 3.74. The summed E-state index contributed by atoms with van der Waals surface area (Å²) in [6.45, 7) is 0. The van der Waals surface area contributed by atoms with E-state index < -0.39 is 0 Å². The number of pyridine rings is 2. The monoisotopic (exact) mass is 480 g/mol. The first-order valence-electron chi connectivity index (χ1n) is 11.4. The Kier molecular flexibility index (Phi) is 4.59. The largest absolute Gasteiger partial charge is 0.298 e. The smallest absolute Gasteiger partial charge is 0.157 e. The Balaban J connectivity index is 1.54. The van der Waals surface area contributed by atoms with Gasteiger partial charge in [0.1, 0.15) is 24.4 Å². The summed E-state index contributed by atoms with van der Waals surface area (Å²) in [5, 5.41) is 24.3. The molecule has 0 aliphatic heterocycles. The molecule has 5 heterocycles. The fourth-order valence-corrected chi connectivity index (χ4v) is 4.56. The molecular formula is C27H16N10. The number of fused-ring (bicyclic) bond motifs is 2. The van der Waals surface area contributed by atoms with Crippen LogP contribution in [0.2, 0.25) is 0 Å². The minimum atomic E-state index is 0.345. The molecular weight excluding hydrogens is 464 g/mol. The summed E-state index contributed by atoms with van der Waals surface area (Å²) < 4.78 is 2.05. The van der Waals surface area contributed by atoms with Gasteiger partial charge in [0.15, 0.2) is 5.82 Å². The van der Waals surface area contributed by atoms with E-state index in [9.17, 15) is 5.26 Å². The Hall–Kier alpha value is -5.69. The molecule has 10 nitrogen and oxygen atoms in total. The van der Waals surface area contributed by atoms with Crippen LogP contribution in [-0.2, 0) is 0 Å². The number of rotatable bonds is 4. The van der Waals surface area contributed by atoms with E-state index in [1.165, 1.54) is 6.33 Å². The number of para-hydroxylation sites is 1. The molecule has 7 rings (SSSR count). The van der Waals surface area contributed by atoms with Crippen LogP contribution in [0.25, 0.3) is 61.4 Å². The van der Waals surface area contributed by atoms with Crippen molar-refractivity contribution in [2.75, 3.05) is 0 Å². The van der Waals surface area contributed by atoms with Gasteiger partial charge in [-0.3, -0.25) is 14.8 Å². The van der Waals surface area contributed by atoms with Gasteiger partial charge in [0.2, 0.25) is 0 Å². The highest BCUT2D eigenvalue weighted by Crippen LogP contribution is 2.35. The van der Waals surface area contributed by atoms with Gasteiger partial charge in [-0.1, -0.05) is 18.2 Å². The summed E-state index contributed by atoms with van der Waals surface area (Å²) in [6, 6.07) is 19.9. The summed E-state index contributed by atoms with van der Waals surface area (Å²) in [4.78, 5) is 18.1. The van der Waals surface area contributed by atoms with Crippen LogP contribution in [0.1, 0.15) is 5.69 Å². The van der Waals surface area contributed by atoms with Gasteiger partial charge in [-0.25, -0.2) is 19.9 Å². The molecule has 0 unspecified atom stereocenters. The van der Waals surface area contributed by atoms with E-state index in [1.54, 1.807) is 18.5 Å². The topological polar surface area (TPSA) is 138 Å². The molecule has 2 aromatic carbocycles. The van der Waals surface area contributed by atoms with Gasteiger partial charge in [0, 0.05) is 28.9 Å². The number of aromatic nitrogens is 9. The molecule has 37 heavy (non-hydrogen) atoms. The number of nitrogens with zero attached hydrogens (tertiary/aromatic N) is 8. The first kappa shape index (κ1) is 20.7. The van der Waals surface area contributed by atoms with Crippen molar-refractivity contribution in [2.24, 2.45) is 0 Å². The van der Waals surface area contributed by atoms with Crippen molar-refractivity contribution in [1.82, 2.24) is 44.9 Å². The number of H-pyrrole nitrogens is 2. The lowest BCUT2D eigenvalue weighted by molar-refractivity contribution is 1.09. The van der Waals surface area contributed by atoms with Crippen LogP contribution in [0.15, 0.2) is 85.8 Å². The highest BCUT2D eigenvalue weighted by atomic mass is 15.2. The lowest BCUT2D eigenvalue weighted by atomic mass is 10.0. The number of nitrogens with one attached hydrogen (secondary N) is 2. The number of benzene rings is 2. The van der Waals surface area contributed by atoms with E-state index in [4.69, 9.17) is 9.97 Å². The molecule has 10 heteroatoms. The predicted octanol–water partition coefficient (Wildman–Crippen LogP) is 4.68. The van der Waals surface area contributed by atoms with Crippen LogP contribution in [-0.4, -0.2) is 44.9 Å². The Labute approximate surface area is 209 Å². The first-order chi connectivity index (χ1) is 18.3. The minimum Gasteiger partial charge on any atom is -0.298 e. The lowest BCUT2D eigenvalue weighted by Gasteiger charge is -2.12. The molecule has 2 N–H and O–H groups in total. The van der Waals surface area contributed by atoms with Gasteiger partial charge in [0.05, 0.1) is 34.1 Å². The predicted molar refractivity (Wildman–Crippen MR) is 137 cm³/mol. The normalized spacial score (nSPS) is 11.2. The van der Waals surface area contributed by atoms with Crippen LogP contribution in [0, 0.1) is 11.3 Å². The molecule has 0 aliphatic rings. The van der Waals surface area contributed by atoms with E-state index >= 15 is 0 Å². The van der Waals surface area contributed by atoms with Crippen molar-refractivity contribution >= 4 is 21.9 Å². The molecule has 0 bridgehead atoms. The van der Waals surface area contributed by atoms with Gasteiger partial charge in [-0.05, 0) is 47.5 Å². The van der Waals surface area contributed by atoms with E-state index in [1.807, 2.05) is 55.0 Å². The number of imidazole rings is 1. The molecule has 7 aromatic rings. The number of aromatic amines is 2. The highest BCUT2D eigenvalue weighted by molar-refractivity contribution is 5.98. The van der Waals surface area contributed by atoms with Gasteiger partial charge in [-0.2, -0.15) is 15.5 Å². The summed E-state index contributed by atoms with van der Waals surface area (Å²) in [5.41, 5.74) is 8.01. The highest BCUT2D eigenvalue weighted by Gasteiger charge is 2.18. The zero-order chi connectivity index (χ0) is 24.8. The second-order valence-electron chi connectivity index (χ2n) is 8.41. The second kappa shape index (κ2) is 8.21. The average molecular weight is 480 g/mol. The van der Waals surface area contributed by atoms with Crippen molar-refractivity contribution < 1.29 is 0 Å². The summed E-state index contributed by atoms with van der Waals surface area (Å²) in [5.74, 6) is 0.602. The van der Waals surface area contributed by atoms with E-state index in [2.05, 4.69) is 47.1 Å². The van der Waals surface area contributed by atoms with E-state index in [0.717, 1.165) is 55.6 Å². The van der Waals surface area contributed by atoms with Crippen molar-refractivity contribution in [1.29, 1.82) is 5.26 Å². The molecule has 0 atom stereocenters. The Morgan fingerprint density at radius 2 is 1.84 bits per heavy atom. The maximum atomic E-state index is 9.39. The van der Waals surface area contributed by atoms with Gasteiger partial charge >= 0.3 is 0 Å². The third kappa shape index (κ3) is 3.42. The Morgan fingerprint density at radius 1 is 0.892 bits per heavy atom. The second-order valence-corrected chi connectivity index (χ2v) is 8.41. The van der Waals surface area contributed by atoms with Crippen LogP contribution in [0.4, 0.5) is 0 Å². The minimum absolute atomic E-state index is 0.345. The summed E-state index contributed by atoms with van der Waals surface area (Å²) >= 11 is 0. The number of hydrogen-bond donors (Lipinski definition) is 2. The molecule has 0 fully saturated rings. The molecule has 5 aromatic heterocycles. The van der Waals surface area contributed by atoms with Crippen molar-refractivity contribution in [3.63, 3.8) is 0 Å². The van der Waals surface area contributed by atoms with Gasteiger partial charge in [-0.15, -0.1) is 0 Å². The van der Waals surface area contributed by atoms with Crippen LogP contribution < -0.4 is 0 Å². The van der Waals surface area contributed by atoms with E-state index in [0.29, 0.717) is 11.5 Å². The quantitative estimate of drug-likeness (QED) is 0.373. The Morgan fingerprint density at radius 3 is 2.68 bits per heavy atom. The van der Waals surface area contributed by atoms with Gasteiger partial charge < -0.3 is 0 Å². The molecule has 174 valence electrons. The third-order valence-corrected chi connectivity index (χ3v) is 6.28. The summed E-state index contributed by atoms with van der Waals surface area (Å²) in [7, 11) is 0. The maximum absolute atomic E-state index is 9.39. The van der Waals surface area contributed by atoms with Crippen molar-refractivity contribution in [3.8, 4) is 45.5 Å². The standard InChI is InChI=1S/C27H16N10/c28-11-19-7-16(5-6-29-19)17-8-21(27-30-14-34-36-27)26-25(9-17)37(15-31-26)24-10-23(18-12-32-33-13-18)35-22-4-2-1-3-20(22)24/h1-10,12-15H,(H,32,33)(H,30,34,36). The molecule has 0 amide bonds. The van der Waals surface area contributed by atoms with Crippen molar-refractivity contribution in [2.45, 2.75) is 0 Å². The SMILES string of the molecule is N#Cc1cc(-c2cc(-c3ncn[nH]3)c3ncn(-c4cc(-c5cn[nH]c5)nc5ccccc45)c3c2)ccn1. The number of hydrogen-bond acceptors (Lipinski definition) is 7. The molecule has 0 saturated heterocycles. The maximum Gasteiger partial charge on any atom is 0.157 e.